The minimum Gasteiger partial charge on any atom is -0.345 e. The highest BCUT2D eigenvalue weighted by molar-refractivity contribution is 5.77. The van der Waals surface area contributed by atoms with Gasteiger partial charge in [-0.15, -0.1) is 0 Å². The van der Waals surface area contributed by atoms with Crippen molar-refractivity contribution in [2.24, 2.45) is 0 Å². The molecule has 1 heterocycles. The summed E-state index contributed by atoms with van der Waals surface area (Å²) < 4.78 is 0. The molecule has 0 saturated carbocycles. The molecule has 1 unspecified atom stereocenters. The monoisotopic (exact) mass is 227 g/mol. The molecule has 0 aromatic heterocycles. The molecule has 0 spiro atoms. The molecule has 1 aliphatic heterocycles. The lowest BCUT2D eigenvalue weighted by atomic mass is 10.1. The van der Waals surface area contributed by atoms with Crippen LogP contribution < -0.4 is 5.32 Å². The van der Waals surface area contributed by atoms with Gasteiger partial charge in [-0.25, -0.2) is 0 Å². The second kappa shape index (κ2) is 6.86. The van der Waals surface area contributed by atoms with E-state index in [9.17, 15) is 4.79 Å². The van der Waals surface area contributed by atoms with E-state index in [-0.39, 0.29) is 5.91 Å². The minimum atomic E-state index is 0.231. The summed E-state index contributed by atoms with van der Waals surface area (Å²) in [5.74, 6) is 0.231. The Morgan fingerprint density at radius 2 is 2.12 bits per heavy atom. The molecule has 0 bridgehead atoms. The molecule has 1 aliphatic rings. The number of carbonyl (C=O) groups excluding carboxylic acids is 1. The largest absolute Gasteiger partial charge is 0.345 e. The SMILES string of the molecule is CCN(C)C(=O)CN(CC)C1CCCNC1. The Kier molecular flexibility index (Phi) is 5.77. The Hall–Kier alpha value is -0.610. The molecule has 1 amide bonds. The maximum absolute atomic E-state index is 11.8. The van der Waals surface area contributed by atoms with Crippen LogP contribution in [-0.4, -0.2) is 61.5 Å². The summed E-state index contributed by atoms with van der Waals surface area (Å²) in [6.45, 7) is 8.60. The van der Waals surface area contributed by atoms with E-state index in [4.69, 9.17) is 0 Å². The fourth-order valence-corrected chi connectivity index (χ4v) is 2.11. The summed E-state index contributed by atoms with van der Waals surface area (Å²) in [7, 11) is 1.87. The topological polar surface area (TPSA) is 35.6 Å². The predicted octanol–water partition coefficient (Wildman–Crippen LogP) is 0.539. The first-order chi connectivity index (χ1) is 7.69. The van der Waals surface area contributed by atoms with E-state index in [0.717, 1.165) is 26.2 Å². The average Bonchev–Trinajstić information content (AvgIpc) is 2.35. The van der Waals surface area contributed by atoms with Gasteiger partial charge in [0.25, 0.3) is 0 Å². The van der Waals surface area contributed by atoms with Gasteiger partial charge in [0, 0.05) is 26.2 Å². The summed E-state index contributed by atoms with van der Waals surface area (Å²) in [6, 6.07) is 0.535. The van der Waals surface area contributed by atoms with Crippen LogP contribution in [0.15, 0.2) is 0 Å². The molecule has 1 fully saturated rings. The number of hydrogen-bond acceptors (Lipinski definition) is 3. The first-order valence-electron chi connectivity index (χ1n) is 6.37. The highest BCUT2D eigenvalue weighted by Gasteiger charge is 2.22. The van der Waals surface area contributed by atoms with Gasteiger partial charge in [0.1, 0.15) is 0 Å². The number of piperidine rings is 1. The van der Waals surface area contributed by atoms with Crippen LogP contribution in [0.25, 0.3) is 0 Å². The van der Waals surface area contributed by atoms with Crippen molar-refractivity contribution in [3.8, 4) is 0 Å². The molecule has 94 valence electrons. The van der Waals surface area contributed by atoms with Gasteiger partial charge in [0.2, 0.25) is 5.91 Å². The predicted molar refractivity (Wildman–Crippen MR) is 66.4 cm³/mol. The van der Waals surface area contributed by atoms with Crippen LogP contribution >= 0.6 is 0 Å². The highest BCUT2D eigenvalue weighted by Crippen LogP contribution is 2.10. The standard InChI is InChI=1S/C12H25N3O/c1-4-14(3)12(16)10-15(5-2)11-7-6-8-13-9-11/h11,13H,4-10H2,1-3H3. The third-order valence-corrected chi connectivity index (χ3v) is 3.43. The summed E-state index contributed by atoms with van der Waals surface area (Å²) in [4.78, 5) is 15.9. The van der Waals surface area contributed by atoms with Gasteiger partial charge in [-0.1, -0.05) is 6.92 Å². The van der Waals surface area contributed by atoms with Gasteiger partial charge >= 0.3 is 0 Å². The molecular weight excluding hydrogens is 202 g/mol. The molecule has 1 atom stereocenters. The quantitative estimate of drug-likeness (QED) is 0.744. The molecule has 4 nitrogen and oxygen atoms in total. The van der Waals surface area contributed by atoms with Crippen LogP contribution in [0.2, 0.25) is 0 Å². The van der Waals surface area contributed by atoms with Crippen molar-refractivity contribution in [2.75, 3.05) is 39.8 Å². The third kappa shape index (κ3) is 3.76. The summed E-state index contributed by atoms with van der Waals surface area (Å²) in [5, 5.41) is 3.40. The molecule has 0 aromatic carbocycles. The van der Waals surface area contributed by atoms with Crippen LogP contribution in [-0.2, 0) is 4.79 Å². The molecule has 0 aromatic rings. The summed E-state index contributed by atoms with van der Waals surface area (Å²) >= 11 is 0. The summed E-state index contributed by atoms with van der Waals surface area (Å²) in [5.41, 5.74) is 0. The maximum Gasteiger partial charge on any atom is 0.236 e. The summed E-state index contributed by atoms with van der Waals surface area (Å²) in [6.07, 6.45) is 2.43. The van der Waals surface area contributed by atoms with Crippen molar-refractivity contribution in [3.05, 3.63) is 0 Å². The van der Waals surface area contributed by atoms with Crippen LogP contribution in [0.3, 0.4) is 0 Å². The van der Waals surface area contributed by atoms with Crippen molar-refractivity contribution in [1.29, 1.82) is 0 Å². The lowest BCUT2D eigenvalue weighted by Crippen LogP contribution is -2.49. The molecule has 4 heteroatoms. The Bertz CT molecular complexity index is 214. The van der Waals surface area contributed by atoms with Crippen LogP contribution in [0.5, 0.6) is 0 Å². The van der Waals surface area contributed by atoms with E-state index < -0.39 is 0 Å². The number of amides is 1. The minimum absolute atomic E-state index is 0.231. The van der Waals surface area contributed by atoms with E-state index in [1.54, 1.807) is 4.90 Å². The molecule has 0 aliphatic carbocycles. The van der Waals surface area contributed by atoms with Crippen molar-refractivity contribution >= 4 is 5.91 Å². The Morgan fingerprint density at radius 1 is 1.38 bits per heavy atom. The van der Waals surface area contributed by atoms with E-state index >= 15 is 0 Å². The number of rotatable bonds is 5. The number of likely N-dealkylation sites (N-methyl/N-ethyl adjacent to an activating group) is 2. The highest BCUT2D eigenvalue weighted by atomic mass is 16.2. The maximum atomic E-state index is 11.8. The van der Waals surface area contributed by atoms with E-state index in [1.165, 1.54) is 12.8 Å². The van der Waals surface area contributed by atoms with Gasteiger partial charge in [-0.2, -0.15) is 0 Å². The van der Waals surface area contributed by atoms with E-state index in [0.29, 0.717) is 12.6 Å². The van der Waals surface area contributed by atoms with Gasteiger partial charge in [-0.3, -0.25) is 9.69 Å². The average molecular weight is 227 g/mol. The Morgan fingerprint density at radius 3 is 2.62 bits per heavy atom. The molecule has 16 heavy (non-hydrogen) atoms. The number of hydrogen-bond donors (Lipinski definition) is 1. The lowest BCUT2D eigenvalue weighted by Gasteiger charge is -2.34. The van der Waals surface area contributed by atoms with Gasteiger partial charge in [-0.05, 0) is 32.9 Å². The van der Waals surface area contributed by atoms with Crippen molar-refractivity contribution < 1.29 is 4.79 Å². The van der Waals surface area contributed by atoms with Crippen molar-refractivity contribution in [3.63, 3.8) is 0 Å². The van der Waals surface area contributed by atoms with Crippen LogP contribution in [0.4, 0.5) is 0 Å². The molecule has 1 saturated heterocycles. The van der Waals surface area contributed by atoms with Crippen LogP contribution in [0.1, 0.15) is 26.7 Å². The zero-order chi connectivity index (χ0) is 12.0. The van der Waals surface area contributed by atoms with Crippen LogP contribution in [0, 0.1) is 0 Å². The number of nitrogens with zero attached hydrogens (tertiary/aromatic N) is 2. The zero-order valence-electron chi connectivity index (χ0n) is 10.8. The van der Waals surface area contributed by atoms with Gasteiger partial charge in [0.15, 0.2) is 0 Å². The van der Waals surface area contributed by atoms with E-state index in [2.05, 4.69) is 17.1 Å². The van der Waals surface area contributed by atoms with Crippen molar-refractivity contribution in [1.82, 2.24) is 15.1 Å². The molecule has 1 N–H and O–H groups in total. The normalized spacial score (nSPS) is 21.1. The second-order valence-electron chi connectivity index (χ2n) is 4.47. The molecule has 0 radical (unpaired) electrons. The number of nitrogens with one attached hydrogen (secondary N) is 1. The number of carbonyl (C=O) groups is 1. The van der Waals surface area contributed by atoms with Gasteiger partial charge in [0.05, 0.1) is 6.54 Å². The third-order valence-electron chi connectivity index (χ3n) is 3.43. The second-order valence-corrected chi connectivity index (χ2v) is 4.47. The lowest BCUT2D eigenvalue weighted by molar-refractivity contribution is -0.131. The zero-order valence-corrected chi connectivity index (χ0v) is 10.8. The first kappa shape index (κ1) is 13.5. The van der Waals surface area contributed by atoms with E-state index in [1.807, 2.05) is 14.0 Å². The Labute approximate surface area is 99.0 Å². The van der Waals surface area contributed by atoms with Gasteiger partial charge < -0.3 is 10.2 Å². The van der Waals surface area contributed by atoms with Crippen molar-refractivity contribution in [2.45, 2.75) is 32.7 Å². The molecule has 1 rings (SSSR count). The Balaban J connectivity index is 2.44. The first-order valence-corrected chi connectivity index (χ1v) is 6.37. The fraction of sp³-hybridized carbons (Fsp3) is 0.917. The fourth-order valence-electron chi connectivity index (χ4n) is 2.11. The smallest absolute Gasteiger partial charge is 0.236 e. The molecular formula is C12H25N3O.